The van der Waals surface area contributed by atoms with Gasteiger partial charge in [-0.25, -0.2) is 9.97 Å². The molecule has 5 rings (SSSR count). The molecule has 1 aliphatic rings. The maximum atomic E-state index is 12.1. The molecule has 0 radical (unpaired) electrons. The smallest absolute Gasteiger partial charge is 0.319 e. The molecule has 0 saturated carbocycles. The molecule has 1 saturated heterocycles. The summed E-state index contributed by atoms with van der Waals surface area (Å²) >= 11 is 1.48. The fourth-order valence-electron chi connectivity index (χ4n) is 4.19. The predicted molar refractivity (Wildman–Crippen MR) is 146 cm³/mol. The quantitative estimate of drug-likeness (QED) is 0.198. The Balaban J connectivity index is 1.56. The zero-order valence-corrected chi connectivity index (χ0v) is 21.6. The Kier molecular flexibility index (Phi) is 7.13. The van der Waals surface area contributed by atoms with Gasteiger partial charge >= 0.3 is 6.01 Å². The van der Waals surface area contributed by atoms with E-state index in [0.29, 0.717) is 54.5 Å². The fourth-order valence-corrected chi connectivity index (χ4v) is 4.74. The second-order valence-corrected chi connectivity index (χ2v) is 9.31. The van der Waals surface area contributed by atoms with Crippen LogP contribution in [0.15, 0.2) is 47.9 Å². The first kappa shape index (κ1) is 25.1. The second kappa shape index (κ2) is 10.8. The molecule has 3 aromatic heterocycles. The van der Waals surface area contributed by atoms with Gasteiger partial charge in [-0.05, 0) is 30.7 Å². The van der Waals surface area contributed by atoms with Crippen molar-refractivity contribution in [3.05, 3.63) is 64.8 Å². The molecule has 194 valence electrons. The molecule has 4 aromatic rings. The van der Waals surface area contributed by atoms with Gasteiger partial charge in [0.25, 0.3) is 0 Å². The van der Waals surface area contributed by atoms with Crippen LogP contribution in [0.4, 0.5) is 11.5 Å². The molecule has 0 spiro atoms. The molecule has 4 heterocycles. The van der Waals surface area contributed by atoms with Crippen molar-refractivity contribution < 1.29 is 14.3 Å². The fraction of sp³-hybridized carbons (Fsp3) is 0.231. The summed E-state index contributed by atoms with van der Waals surface area (Å²) in [6.07, 6.45) is 4.12. The lowest BCUT2D eigenvalue weighted by Gasteiger charge is -2.35. The van der Waals surface area contributed by atoms with Crippen LogP contribution in [0.5, 0.6) is 17.6 Å². The van der Waals surface area contributed by atoms with Gasteiger partial charge in [-0.3, -0.25) is 4.79 Å². The summed E-state index contributed by atoms with van der Waals surface area (Å²) in [6, 6.07) is 5.54. The number of nitrogens with one attached hydrogen (secondary N) is 1. The molecular formula is C26H26N8O3S. The van der Waals surface area contributed by atoms with Crippen molar-refractivity contribution in [2.45, 2.75) is 13.5 Å². The van der Waals surface area contributed by atoms with Gasteiger partial charge in [0.05, 0.1) is 22.2 Å². The average molecular weight is 531 g/mol. The van der Waals surface area contributed by atoms with Crippen molar-refractivity contribution >= 4 is 45.9 Å². The number of ether oxygens (including phenoxy) is 2. The van der Waals surface area contributed by atoms with Gasteiger partial charge in [0, 0.05) is 49.7 Å². The van der Waals surface area contributed by atoms with E-state index in [1.807, 2.05) is 24.4 Å². The summed E-state index contributed by atoms with van der Waals surface area (Å²) in [6.45, 7) is 7.88. The Morgan fingerprint density at radius 2 is 2.03 bits per heavy atom. The molecule has 0 aliphatic carbocycles. The summed E-state index contributed by atoms with van der Waals surface area (Å²) in [5, 5.41) is 10.5. The van der Waals surface area contributed by atoms with Crippen molar-refractivity contribution in [2.75, 3.05) is 36.8 Å². The molecule has 11 nitrogen and oxygen atoms in total. The molecule has 12 heteroatoms. The highest BCUT2D eigenvalue weighted by atomic mass is 32.1. The van der Waals surface area contributed by atoms with Crippen molar-refractivity contribution in [3.63, 3.8) is 0 Å². The van der Waals surface area contributed by atoms with Crippen molar-refractivity contribution in [3.8, 4) is 17.6 Å². The van der Waals surface area contributed by atoms with Crippen molar-refractivity contribution in [2.24, 2.45) is 0 Å². The largest absolute Gasteiger partial charge is 0.457 e. The summed E-state index contributed by atoms with van der Waals surface area (Å²) in [7, 11) is 0. The van der Waals surface area contributed by atoms with Gasteiger partial charge in [0.2, 0.25) is 11.8 Å². The number of carbonyl (C=O) groups is 1. The van der Waals surface area contributed by atoms with Gasteiger partial charge in [0.1, 0.15) is 23.7 Å². The first-order valence-corrected chi connectivity index (χ1v) is 12.8. The van der Waals surface area contributed by atoms with Crippen LogP contribution in [0.2, 0.25) is 0 Å². The Morgan fingerprint density at radius 3 is 2.74 bits per heavy atom. The Bertz CT molecular complexity index is 1500. The number of hydrogen-bond acceptors (Lipinski definition) is 11. The molecular weight excluding hydrogens is 504 g/mol. The highest BCUT2D eigenvalue weighted by Gasteiger charge is 2.25. The van der Waals surface area contributed by atoms with E-state index in [4.69, 9.17) is 25.6 Å². The van der Waals surface area contributed by atoms with Crippen LogP contribution < -0.4 is 20.1 Å². The number of thiazole rings is 1. The van der Waals surface area contributed by atoms with Crippen LogP contribution in [0.25, 0.3) is 10.9 Å². The van der Waals surface area contributed by atoms with Crippen molar-refractivity contribution in [1.82, 2.24) is 24.8 Å². The number of amides is 1. The third-order valence-corrected chi connectivity index (χ3v) is 6.84. The monoisotopic (exact) mass is 530 g/mol. The normalized spacial score (nSPS) is 13.4. The summed E-state index contributed by atoms with van der Waals surface area (Å²) in [5.41, 5.74) is 10.7. The number of carbonyl (C=O) groups excluding carboxylic acids is 1. The van der Waals surface area contributed by atoms with Crippen LogP contribution in [0, 0.1) is 12.3 Å². The molecule has 0 bridgehead atoms. The van der Waals surface area contributed by atoms with E-state index in [1.165, 1.54) is 17.4 Å². The van der Waals surface area contributed by atoms with E-state index in [-0.39, 0.29) is 24.4 Å². The Morgan fingerprint density at radius 1 is 1.21 bits per heavy atom. The number of piperazine rings is 1. The number of nitrogens with zero attached hydrogens (tertiary/aromatic N) is 6. The molecule has 38 heavy (non-hydrogen) atoms. The van der Waals surface area contributed by atoms with Gasteiger partial charge in [0.15, 0.2) is 0 Å². The number of rotatable bonds is 8. The maximum absolute atomic E-state index is 12.1. The third kappa shape index (κ3) is 4.98. The number of pyridine rings is 1. The summed E-state index contributed by atoms with van der Waals surface area (Å²) in [5.74, 6) is 1.23. The summed E-state index contributed by atoms with van der Waals surface area (Å²) < 4.78 is 12.2. The van der Waals surface area contributed by atoms with Gasteiger partial charge < -0.3 is 30.4 Å². The van der Waals surface area contributed by atoms with Gasteiger partial charge in [-0.2, -0.15) is 9.97 Å². The Labute approximate surface area is 223 Å². The SMILES string of the molecule is C=CC(=O)N1CCN(c2nc(OCc3cscn3)nc3c(Oc4c(C)ccc(N)c4C=N)nccc23)CC1. The molecule has 0 atom stereocenters. The van der Waals surface area contributed by atoms with Crippen LogP contribution in [0.1, 0.15) is 16.8 Å². The minimum Gasteiger partial charge on any atom is -0.457 e. The number of anilines is 2. The molecule has 1 amide bonds. The number of hydrogen-bond donors (Lipinski definition) is 2. The highest BCUT2D eigenvalue weighted by Crippen LogP contribution is 2.36. The average Bonchev–Trinajstić information content (AvgIpc) is 3.47. The number of aromatic nitrogens is 4. The van der Waals surface area contributed by atoms with E-state index >= 15 is 0 Å². The topological polar surface area (TPSA) is 143 Å². The zero-order valence-electron chi connectivity index (χ0n) is 20.8. The first-order valence-electron chi connectivity index (χ1n) is 11.9. The van der Waals surface area contributed by atoms with Crippen LogP contribution in [-0.4, -0.2) is 63.1 Å². The van der Waals surface area contributed by atoms with Crippen LogP contribution in [-0.2, 0) is 11.4 Å². The number of nitrogen functional groups attached to an aromatic ring is 1. The molecule has 3 N–H and O–H groups in total. The first-order chi connectivity index (χ1) is 18.5. The van der Waals surface area contributed by atoms with Gasteiger partial charge in [-0.15, -0.1) is 11.3 Å². The highest BCUT2D eigenvalue weighted by molar-refractivity contribution is 7.07. The molecule has 0 unspecified atom stereocenters. The van der Waals surface area contributed by atoms with E-state index in [0.717, 1.165) is 22.9 Å². The van der Waals surface area contributed by atoms with Crippen LogP contribution >= 0.6 is 11.3 Å². The standard InChI is InChI=1S/C26H26N8O3S/c1-3-21(35)33-8-10-34(11-9-33)24-18-6-7-29-25(37-23-16(2)4-5-20(28)19(23)12-27)22(18)31-26(32-24)36-13-17-14-38-15-30-17/h3-7,12,14-15,27H,1,8-11,13,28H2,2H3. The van der Waals surface area contributed by atoms with Gasteiger partial charge in [-0.1, -0.05) is 12.6 Å². The number of benzene rings is 1. The maximum Gasteiger partial charge on any atom is 0.319 e. The Hall–Kier alpha value is -4.58. The van der Waals surface area contributed by atoms with E-state index in [9.17, 15) is 4.79 Å². The van der Waals surface area contributed by atoms with E-state index < -0.39 is 0 Å². The van der Waals surface area contributed by atoms with Crippen molar-refractivity contribution in [1.29, 1.82) is 5.41 Å². The molecule has 1 aromatic carbocycles. The number of fused-ring (bicyclic) bond motifs is 1. The third-order valence-electron chi connectivity index (χ3n) is 6.21. The lowest BCUT2D eigenvalue weighted by Crippen LogP contribution is -2.48. The van der Waals surface area contributed by atoms with Crippen LogP contribution in [0.3, 0.4) is 0 Å². The molecule has 1 fully saturated rings. The zero-order chi connectivity index (χ0) is 26.6. The lowest BCUT2D eigenvalue weighted by atomic mass is 10.1. The minimum atomic E-state index is -0.0936. The molecule has 1 aliphatic heterocycles. The summed E-state index contributed by atoms with van der Waals surface area (Å²) in [4.78, 5) is 34.0. The predicted octanol–water partition coefficient (Wildman–Crippen LogP) is 3.58. The lowest BCUT2D eigenvalue weighted by molar-refractivity contribution is -0.126. The number of nitrogens with two attached hydrogens (primary N) is 1. The van der Waals surface area contributed by atoms with E-state index in [1.54, 1.807) is 22.7 Å². The van der Waals surface area contributed by atoms with E-state index in [2.05, 4.69) is 26.4 Å². The second-order valence-electron chi connectivity index (χ2n) is 8.59. The minimum absolute atomic E-state index is 0.0936. The number of aryl methyl sites for hydroxylation is 1.